The summed E-state index contributed by atoms with van der Waals surface area (Å²) in [6.45, 7) is 6.69. The Bertz CT molecular complexity index is 610. The van der Waals surface area contributed by atoms with Crippen molar-refractivity contribution in [1.82, 2.24) is 14.2 Å². The van der Waals surface area contributed by atoms with Gasteiger partial charge in [-0.1, -0.05) is 6.92 Å². The summed E-state index contributed by atoms with van der Waals surface area (Å²) in [5.74, 6) is 5.54. The van der Waals surface area contributed by atoms with Crippen LogP contribution in [0.5, 0.6) is 0 Å². The van der Waals surface area contributed by atoms with Crippen molar-refractivity contribution in [2.75, 3.05) is 31.6 Å². The molecule has 118 valence electrons. The zero-order chi connectivity index (χ0) is 15.6. The van der Waals surface area contributed by atoms with Crippen molar-refractivity contribution in [1.29, 1.82) is 0 Å². The van der Waals surface area contributed by atoms with Gasteiger partial charge in [-0.2, -0.15) is 4.31 Å². The van der Waals surface area contributed by atoms with Gasteiger partial charge in [-0.25, -0.2) is 19.2 Å². The molecule has 9 heteroatoms. The third kappa shape index (κ3) is 3.37. The van der Waals surface area contributed by atoms with Crippen LogP contribution in [0.1, 0.15) is 13.8 Å². The van der Waals surface area contributed by atoms with Crippen LogP contribution in [0.2, 0.25) is 0 Å². The van der Waals surface area contributed by atoms with Gasteiger partial charge in [0.1, 0.15) is 4.90 Å². The van der Waals surface area contributed by atoms with Crippen LogP contribution in [0.25, 0.3) is 0 Å². The Hall–Kier alpha value is -0.740. The summed E-state index contributed by atoms with van der Waals surface area (Å²) in [7, 11) is -3.62. The van der Waals surface area contributed by atoms with Crippen LogP contribution in [0.15, 0.2) is 21.6 Å². The van der Waals surface area contributed by atoms with Gasteiger partial charge in [-0.15, -0.1) is 0 Å². The van der Waals surface area contributed by atoms with Gasteiger partial charge in [0, 0.05) is 36.3 Å². The van der Waals surface area contributed by atoms with Gasteiger partial charge in [0.25, 0.3) is 0 Å². The minimum absolute atomic E-state index is 0.0940. The Morgan fingerprint density at radius 1 is 1.52 bits per heavy atom. The van der Waals surface area contributed by atoms with Crippen molar-refractivity contribution >= 4 is 31.8 Å². The first kappa shape index (κ1) is 16.6. The Morgan fingerprint density at radius 2 is 2.24 bits per heavy atom. The second kappa shape index (κ2) is 6.57. The second-order valence-corrected chi connectivity index (χ2v) is 7.81. The molecule has 0 radical (unpaired) electrons. The zero-order valence-electron chi connectivity index (χ0n) is 12.1. The van der Waals surface area contributed by atoms with Crippen molar-refractivity contribution in [2.45, 2.75) is 24.8 Å². The van der Waals surface area contributed by atoms with Crippen molar-refractivity contribution in [3.05, 3.63) is 16.7 Å². The van der Waals surface area contributed by atoms with E-state index in [-0.39, 0.29) is 16.8 Å². The first-order valence-electron chi connectivity index (χ1n) is 6.76. The van der Waals surface area contributed by atoms with Gasteiger partial charge in [-0.05, 0) is 35.5 Å². The summed E-state index contributed by atoms with van der Waals surface area (Å²) in [6.07, 6.45) is 1.51. The molecule has 1 unspecified atom stereocenters. The fourth-order valence-corrected chi connectivity index (χ4v) is 4.64. The van der Waals surface area contributed by atoms with Gasteiger partial charge < -0.3 is 5.43 Å². The van der Waals surface area contributed by atoms with E-state index in [1.807, 2.05) is 6.92 Å². The molecule has 2 rings (SSSR count). The molecule has 0 aliphatic carbocycles. The van der Waals surface area contributed by atoms with Gasteiger partial charge in [0.15, 0.2) is 5.82 Å². The predicted octanol–water partition coefficient (Wildman–Crippen LogP) is 0.844. The highest BCUT2D eigenvalue weighted by atomic mass is 79.9. The molecule has 1 fully saturated rings. The largest absolute Gasteiger partial charge is 0.307 e. The summed E-state index contributed by atoms with van der Waals surface area (Å²) < 4.78 is 27.7. The third-order valence-electron chi connectivity index (χ3n) is 3.71. The highest BCUT2D eigenvalue weighted by Gasteiger charge is 2.33. The first-order chi connectivity index (χ1) is 9.90. The van der Waals surface area contributed by atoms with Crippen LogP contribution in [-0.4, -0.2) is 54.8 Å². The number of likely N-dealkylation sites (N-methyl/N-ethyl adjacent to an activating group) is 1. The molecular formula is C12H20BrN5O2S. The van der Waals surface area contributed by atoms with Gasteiger partial charge in [-0.3, -0.25) is 4.90 Å². The summed E-state index contributed by atoms with van der Waals surface area (Å²) in [6, 6.07) is 1.71. The second-order valence-electron chi connectivity index (χ2n) is 4.99. The molecule has 0 bridgehead atoms. The fraction of sp³-hybridized carbons (Fsp3) is 0.583. The lowest BCUT2D eigenvalue weighted by Gasteiger charge is -2.38. The van der Waals surface area contributed by atoms with Crippen molar-refractivity contribution in [2.24, 2.45) is 5.84 Å². The maximum Gasteiger partial charge on any atom is 0.246 e. The molecule has 0 amide bonds. The topological polar surface area (TPSA) is 91.6 Å². The summed E-state index contributed by atoms with van der Waals surface area (Å²) >= 11 is 3.25. The molecule has 2 heterocycles. The van der Waals surface area contributed by atoms with E-state index in [0.29, 0.717) is 17.6 Å². The van der Waals surface area contributed by atoms with Crippen LogP contribution in [0.4, 0.5) is 5.82 Å². The number of nitrogens with one attached hydrogen (secondary N) is 1. The maximum absolute atomic E-state index is 12.8. The normalized spacial score (nSPS) is 21.4. The number of rotatable bonds is 4. The number of pyridine rings is 1. The fourth-order valence-electron chi connectivity index (χ4n) is 2.51. The molecule has 0 spiro atoms. The standard InChI is InChI=1S/C12H20BrN5O2S/c1-3-17-4-5-18(8-9(17)2)21(19,20)11-6-10(13)7-15-12(11)16-14/h6-7,9H,3-5,8,14H2,1-2H3,(H,15,16). The number of sulfonamides is 1. The van der Waals surface area contributed by atoms with E-state index in [0.717, 1.165) is 13.1 Å². The van der Waals surface area contributed by atoms with E-state index in [1.54, 1.807) is 0 Å². The Balaban J connectivity index is 2.33. The number of nitrogens with zero attached hydrogens (tertiary/aromatic N) is 3. The molecule has 1 atom stereocenters. The molecule has 1 aromatic rings. The number of hydrogen-bond acceptors (Lipinski definition) is 6. The van der Waals surface area contributed by atoms with E-state index in [4.69, 9.17) is 5.84 Å². The van der Waals surface area contributed by atoms with Gasteiger partial charge in [0.2, 0.25) is 10.0 Å². The molecule has 3 N–H and O–H groups in total. The van der Waals surface area contributed by atoms with Crippen LogP contribution < -0.4 is 11.3 Å². The number of nitrogens with two attached hydrogens (primary N) is 1. The van der Waals surface area contributed by atoms with E-state index >= 15 is 0 Å². The number of halogens is 1. The monoisotopic (exact) mass is 377 g/mol. The lowest BCUT2D eigenvalue weighted by Crippen LogP contribution is -2.53. The van der Waals surface area contributed by atoms with Gasteiger partial charge in [0.05, 0.1) is 0 Å². The number of piperazine rings is 1. The molecule has 0 aromatic carbocycles. The lowest BCUT2D eigenvalue weighted by atomic mass is 10.2. The molecule has 1 aliphatic heterocycles. The highest BCUT2D eigenvalue weighted by molar-refractivity contribution is 9.10. The van der Waals surface area contributed by atoms with E-state index in [2.05, 4.69) is 38.2 Å². The van der Waals surface area contributed by atoms with E-state index in [1.165, 1.54) is 16.6 Å². The molecule has 0 saturated carbocycles. The average molecular weight is 378 g/mol. The number of hydrogen-bond donors (Lipinski definition) is 2. The number of aromatic nitrogens is 1. The number of nitrogen functional groups attached to an aromatic ring is 1. The molecule has 7 nitrogen and oxygen atoms in total. The maximum atomic E-state index is 12.8. The molecule has 1 saturated heterocycles. The Kier molecular flexibility index (Phi) is 5.20. The van der Waals surface area contributed by atoms with Crippen molar-refractivity contribution in [3.63, 3.8) is 0 Å². The summed E-state index contributed by atoms with van der Waals surface area (Å²) in [5.41, 5.74) is 2.35. The van der Waals surface area contributed by atoms with Crippen LogP contribution in [-0.2, 0) is 10.0 Å². The van der Waals surface area contributed by atoms with Crippen LogP contribution in [0, 0.1) is 0 Å². The lowest BCUT2D eigenvalue weighted by molar-refractivity contribution is 0.135. The smallest absolute Gasteiger partial charge is 0.246 e. The van der Waals surface area contributed by atoms with E-state index in [9.17, 15) is 8.42 Å². The average Bonchev–Trinajstić information content (AvgIpc) is 2.47. The predicted molar refractivity (Wildman–Crippen MR) is 85.2 cm³/mol. The zero-order valence-corrected chi connectivity index (χ0v) is 14.5. The molecule has 1 aromatic heterocycles. The Labute approximate surface area is 133 Å². The number of hydrazine groups is 1. The number of anilines is 1. The van der Waals surface area contributed by atoms with Gasteiger partial charge >= 0.3 is 0 Å². The molecule has 1 aliphatic rings. The van der Waals surface area contributed by atoms with Crippen LogP contribution in [0.3, 0.4) is 0 Å². The SMILES string of the molecule is CCN1CCN(S(=O)(=O)c2cc(Br)cnc2NN)CC1C. The van der Waals surface area contributed by atoms with E-state index < -0.39 is 10.0 Å². The van der Waals surface area contributed by atoms with Crippen molar-refractivity contribution in [3.8, 4) is 0 Å². The molecule has 21 heavy (non-hydrogen) atoms. The summed E-state index contributed by atoms with van der Waals surface area (Å²) in [5, 5.41) is 0. The third-order valence-corrected chi connectivity index (χ3v) is 6.02. The van der Waals surface area contributed by atoms with Crippen LogP contribution >= 0.6 is 15.9 Å². The highest BCUT2D eigenvalue weighted by Crippen LogP contribution is 2.27. The first-order valence-corrected chi connectivity index (χ1v) is 8.99. The quantitative estimate of drug-likeness (QED) is 0.596. The minimum atomic E-state index is -3.62. The Morgan fingerprint density at radius 3 is 2.81 bits per heavy atom. The van der Waals surface area contributed by atoms with Crippen molar-refractivity contribution < 1.29 is 8.42 Å². The minimum Gasteiger partial charge on any atom is -0.307 e. The molecular weight excluding hydrogens is 358 g/mol. The summed E-state index contributed by atoms with van der Waals surface area (Å²) in [4.78, 5) is 6.36.